The highest BCUT2D eigenvalue weighted by Gasteiger charge is 2.26. The van der Waals surface area contributed by atoms with Gasteiger partial charge in [0.25, 0.3) is 0 Å². The van der Waals surface area contributed by atoms with Crippen LogP contribution in [0.2, 0.25) is 0 Å². The first-order chi connectivity index (χ1) is 14.0. The largest absolute Gasteiger partial charge is 0.341 e. The lowest BCUT2D eigenvalue weighted by atomic mass is 9.96. The molecule has 0 atom stereocenters. The number of amides is 1. The molecule has 1 aliphatic rings. The van der Waals surface area contributed by atoms with Crippen LogP contribution in [0.15, 0.2) is 55.4 Å². The van der Waals surface area contributed by atoms with Crippen LogP contribution >= 0.6 is 0 Å². The van der Waals surface area contributed by atoms with Crippen LogP contribution in [0, 0.1) is 5.92 Å². The zero-order valence-electron chi connectivity index (χ0n) is 16.1. The summed E-state index contributed by atoms with van der Waals surface area (Å²) in [6, 6.07) is 8.64. The summed E-state index contributed by atoms with van der Waals surface area (Å²) in [5.41, 5.74) is 1.31. The van der Waals surface area contributed by atoms with Gasteiger partial charge in [0.1, 0.15) is 0 Å². The van der Waals surface area contributed by atoms with Gasteiger partial charge in [-0.25, -0.2) is 23.1 Å². The molecule has 3 rings (SSSR count). The van der Waals surface area contributed by atoms with Crippen molar-refractivity contribution in [2.75, 3.05) is 29.9 Å². The summed E-state index contributed by atoms with van der Waals surface area (Å²) in [5.74, 6) is 0.485. The minimum absolute atomic E-state index is 0.0216. The summed E-state index contributed by atoms with van der Waals surface area (Å²) in [5, 5.41) is 2.92. The van der Waals surface area contributed by atoms with Gasteiger partial charge in [-0.3, -0.25) is 4.79 Å². The summed E-state index contributed by atoms with van der Waals surface area (Å²) in [4.78, 5) is 23.2. The van der Waals surface area contributed by atoms with Gasteiger partial charge in [-0.05, 0) is 36.6 Å². The van der Waals surface area contributed by atoms with Crippen molar-refractivity contribution < 1.29 is 13.2 Å². The van der Waals surface area contributed by atoms with Crippen molar-refractivity contribution >= 4 is 27.6 Å². The van der Waals surface area contributed by atoms with Gasteiger partial charge in [-0.2, -0.15) is 0 Å². The maximum Gasteiger partial charge on any atom is 0.227 e. The zero-order chi connectivity index (χ0) is 20.7. The summed E-state index contributed by atoms with van der Waals surface area (Å²) < 4.78 is 26.3. The Kier molecular flexibility index (Phi) is 6.95. The van der Waals surface area contributed by atoms with Crippen LogP contribution in [0.5, 0.6) is 0 Å². The van der Waals surface area contributed by atoms with Crippen LogP contribution < -0.4 is 14.9 Å². The molecule has 0 spiro atoms. The van der Waals surface area contributed by atoms with E-state index >= 15 is 0 Å². The third-order valence-corrected chi connectivity index (χ3v) is 6.05. The average molecular weight is 416 g/mol. The number of nitrogens with zero attached hydrogens (tertiary/aromatic N) is 3. The molecule has 0 radical (unpaired) electrons. The standard InChI is InChI=1S/C20H25N5O3S/c1-2-10-23-29(27,28)15-16-4-6-18(7-5-16)24-19(26)17-8-13-25(14-9-17)20-21-11-3-12-22-20/h2-7,11-12,17,23H,1,8-10,13-15H2,(H,24,26). The highest BCUT2D eigenvalue weighted by molar-refractivity contribution is 7.88. The van der Waals surface area contributed by atoms with E-state index in [0.717, 1.165) is 25.9 Å². The molecular weight excluding hydrogens is 390 g/mol. The SMILES string of the molecule is C=CCNS(=O)(=O)Cc1ccc(NC(=O)C2CCN(c3ncccn3)CC2)cc1. The van der Waals surface area contributed by atoms with E-state index in [-0.39, 0.29) is 24.1 Å². The number of sulfonamides is 1. The second kappa shape index (κ2) is 9.62. The van der Waals surface area contributed by atoms with Crippen molar-refractivity contribution in [2.24, 2.45) is 5.92 Å². The minimum atomic E-state index is -3.40. The maximum absolute atomic E-state index is 12.6. The van der Waals surface area contributed by atoms with Crippen molar-refractivity contribution in [3.63, 3.8) is 0 Å². The molecule has 9 heteroatoms. The normalized spacial score (nSPS) is 15.1. The van der Waals surface area contributed by atoms with Crippen molar-refractivity contribution in [2.45, 2.75) is 18.6 Å². The lowest BCUT2D eigenvalue weighted by Gasteiger charge is -2.31. The molecule has 1 saturated heterocycles. The first kappa shape index (κ1) is 20.9. The van der Waals surface area contributed by atoms with Crippen molar-refractivity contribution in [3.05, 3.63) is 60.9 Å². The van der Waals surface area contributed by atoms with E-state index < -0.39 is 10.0 Å². The quantitative estimate of drug-likeness (QED) is 0.639. The van der Waals surface area contributed by atoms with Crippen LogP contribution in [0.3, 0.4) is 0 Å². The first-order valence-corrected chi connectivity index (χ1v) is 11.1. The second-order valence-electron chi connectivity index (χ2n) is 6.89. The molecule has 1 aliphatic heterocycles. The zero-order valence-corrected chi connectivity index (χ0v) is 16.9. The van der Waals surface area contributed by atoms with Crippen LogP contribution in [0.1, 0.15) is 18.4 Å². The molecule has 0 unspecified atom stereocenters. The minimum Gasteiger partial charge on any atom is -0.341 e. The maximum atomic E-state index is 12.6. The molecule has 2 heterocycles. The molecule has 0 saturated carbocycles. The Balaban J connectivity index is 1.50. The highest BCUT2D eigenvalue weighted by Crippen LogP contribution is 2.22. The van der Waals surface area contributed by atoms with E-state index in [4.69, 9.17) is 0 Å². The monoisotopic (exact) mass is 415 g/mol. The molecule has 29 heavy (non-hydrogen) atoms. The molecule has 1 amide bonds. The summed E-state index contributed by atoms with van der Waals surface area (Å²) in [6.45, 7) is 5.16. The van der Waals surface area contributed by atoms with E-state index in [9.17, 15) is 13.2 Å². The Morgan fingerprint density at radius 2 is 1.83 bits per heavy atom. The first-order valence-electron chi connectivity index (χ1n) is 9.47. The van der Waals surface area contributed by atoms with Crippen molar-refractivity contribution in [1.29, 1.82) is 0 Å². The number of piperidine rings is 1. The fourth-order valence-corrected chi connectivity index (χ4v) is 4.29. The topological polar surface area (TPSA) is 104 Å². The number of rotatable bonds is 8. The van der Waals surface area contributed by atoms with E-state index in [1.165, 1.54) is 6.08 Å². The Hall–Kier alpha value is -2.78. The van der Waals surface area contributed by atoms with Gasteiger partial charge in [-0.1, -0.05) is 18.2 Å². The van der Waals surface area contributed by atoms with Crippen molar-refractivity contribution in [1.82, 2.24) is 14.7 Å². The van der Waals surface area contributed by atoms with Gasteiger partial charge < -0.3 is 10.2 Å². The molecule has 2 aromatic rings. The van der Waals surface area contributed by atoms with Crippen LogP contribution in [0.4, 0.5) is 11.6 Å². The lowest BCUT2D eigenvalue weighted by Crippen LogP contribution is -2.39. The van der Waals surface area contributed by atoms with Crippen LogP contribution in [0.25, 0.3) is 0 Å². The Morgan fingerprint density at radius 1 is 1.17 bits per heavy atom. The number of anilines is 2. The number of carbonyl (C=O) groups is 1. The van der Waals surface area contributed by atoms with E-state index in [1.807, 2.05) is 0 Å². The Morgan fingerprint density at radius 3 is 2.45 bits per heavy atom. The Labute approximate surface area is 171 Å². The molecule has 8 nitrogen and oxygen atoms in total. The molecule has 0 bridgehead atoms. The van der Waals surface area contributed by atoms with Crippen molar-refractivity contribution in [3.8, 4) is 0 Å². The summed E-state index contributed by atoms with van der Waals surface area (Å²) in [6.07, 6.45) is 6.38. The van der Waals surface area contributed by atoms with Crippen LogP contribution in [-0.4, -0.2) is 43.9 Å². The number of carbonyl (C=O) groups excluding carboxylic acids is 1. The van der Waals surface area contributed by atoms with Gasteiger partial charge in [0, 0.05) is 43.6 Å². The number of hydrogen-bond donors (Lipinski definition) is 2. The van der Waals surface area contributed by atoms with Gasteiger partial charge in [0.15, 0.2) is 0 Å². The average Bonchev–Trinajstić information content (AvgIpc) is 2.74. The summed E-state index contributed by atoms with van der Waals surface area (Å²) in [7, 11) is -3.40. The predicted octanol–water partition coefficient (Wildman–Crippen LogP) is 1.94. The molecule has 2 N–H and O–H groups in total. The highest BCUT2D eigenvalue weighted by atomic mass is 32.2. The fourth-order valence-electron chi connectivity index (χ4n) is 3.18. The van der Waals surface area contributed by atoms with Crippen LogP contribution in [-0.2, 0) is 20.6 Å². The van der Waals surface area contributed by atoms with E-state index in [2.05, 4.69) is 31.5 Å². The second-order valence-corrected chi connectivity index (χ2v) is 8.70. The van der Waals surface area contributed by atoms with Gasteiger partial charge in [0.2, 0.25) is 21.9 Å². The number of nitrogens with one attached hydrogen (secondary N) is 2. The molecule has 0 aliphatic carbocycles. The predicted molar refractivity (Wildman–Crippen MR) is 113 cm³/mol. The third-order valence-electron chi connectivity index (χ3n) is 4.73. The molecule has 1 aromatic carbocycles. The lowest BCUT2D eigenvalue weighted by molar-refractivity contribution is -0.120. The fraction of sp³-hybridized carbons (Fsp3) is 0.350. The number of benzene rings is 1. The van der Waals surface area contributed by atoms with E-state index in [1.54, 1.807) is 42.7 Å². The van der Waals surface area contributed by atoms with Gasteiger partial charge >= 0.3 is 0 Å². The summed E-state index contributed by atoms with van der Waals surface area (Å²) >= 11 is 0. The smallest absolute Gasteiger partial charge is 0.227 e. The number of aromatic nitrogens is 2. The van der Waals surface area contributed by atoms with Gasteiger partial charge in [0.05, 0.1) is 5.75 Å². The molecule has 154 valence electrons. The Bertz CT molecular complexity index is 924. The third kappa shape index (κ3) is 6.10. The van der Waals surface area contributed by atoms with Gasteiger partial charge in [-0.15, -0.1) is 6.58 Å². The molecular formula is C20H25N5O3S. The number of hydrogen-bond acceptors (Lipinski definition) is 6. The van der Waals surface area contributed by atoms with E-state index in [0.29, 0.717) is 17.2 Å². The molecule has 1 aromatic heterocycles. The molecule has 1 fully saturated rings.